The molecule has 2 aromatic rings. The first kappa shape index (κ1) is 22.0. The van der Waals surface area contributed by atoms with Crippen molar-refractivity contribution in [3.05, 3.63) is 52.3 Å². The third kappa shape index (κ3) is 6.11. The lowest BCUT2D eigenvalue weighted by atomic mass is 10.2. The van der Waals surface area contributed by atoms with Crippen LogP contribution in [0.1, 0.15) is 21.6 Å². The third-order valence-electron chi connectivity index (χ3n) is 3.06. The van der Waals surface area contributed by atoms with E-state index in [0.717, 1.165) is 0 Å². The predicted molar refractivity (Wildman–Crippen MR) is 94.9 cm³/mol. The number of halogens is 6. The second-order valence-electron chi connectivity index (χ2n) is 5.07. The Bertz CT molecular complexity index is 864. The predicted octanol–water partition coefficient (Wildman–Crippen LogP) is 3.75. The van der Waals surface area contributed by atoms with Crippen molar-refractivity contribution in [2.45, 2.75) is 17.6 Å². The lowest BCUT2D eigenvalue weighted by Gasteiger charge is -2.13. The molecule has 0 saturated heterocycles. The first-order valence-electron chi connectivity index (χ1n) is 7.27. The van der Waals surface area contributed by atoms with Crippen molar-refractivity contribution in [1.82, 2.24) is 15.4 Å². The maximum atomic E-state index is 13.3. The van der Waals surface area contributed by atoms with Crippen molar-refractivity contribution in [3.63, 3.8) is 0 Å². The number of rotatable bonds is 6. The van der Waals surface area contributed by atoms with Crippen LogP contribution >= 0.6 is 34.8 Å². The molecule has 0 radical (unpaired) electrons. The second kappa shape index (κ2) is 9.26. The molecule has 0 aliphatic carbocycles. The number of hydrazine groups is 1. The van der Waals surface area contributed by atoms with Gasteiger partial charge in [0.1, 0.15) is 12.2 Å². The third-order valence-corrected chi connectivity index (χ3v) is 3.70. The Balaban J connectivity index is 2.16. The van der Waals surface area contributed by atoms with Crippen LogP contribution in [-0.2, 0) is 22.3 Å². The highest BCUT2D eigenvalue weighted by atomic mass is 35.5. The lowest BCUT2D eigenvalue weighted by molar-refractivity contribution is -0.141. The molecule has 0 aliphatic heterocycles. The van der Waals surface area contributed by atoms with Crippen LogP contribution in [0.2, 0.25) is 5.02 Å². The van der Waals surface area contributed by atoms with Crippen molar-refractivity contribution in [3.8, 4) is 0 Å². The molecule has 0 saturated carbocycles. The topological polar surface area (TPSA) is 93.2 Å². The molecule has 28 heavy (non-hydrogen) atoms. The molecule has 0 spiro atoms. The van der Waals surface area contributed by atoms with Gasteiger partial charge in [-0.3, -0.25) is 15.6 Å². The quantitative estimate of drug-likeness (QED) is 0.390. The molecule has 1 heterocycles. The van der Waals surface area contributed by atoms with Gasteiger partial charge in [0.05, 0.1) is 0 Å². The molecule has 0 unspecified atom stereocenters. The highest BCUT2D eigenvalue weighted by molar-refractivity contribution is 6.53. The summed E-state index contributed by atoms with van der Waals surface area (Å²) in [6.45, 7) is -0.282. The van der Waals surface area contributed by atoms with E-state index in [1.165, 1.54) is 12.1 Å². The average Bonchev–Trinajstić information content (AvgIpc) is 2.64. The summed E-state index contributed by atoms with van der Waals surface area (Å²) in [5, 5.41) is 0.452. The van der Waals surface area contributed by atoms with E-state index in [1.807, 2.05) is 10.9 Å². The molecule has 13 heteroatoms. The number of alkyl halides is 5. The zero-order valence-corrected chi connectivity index (χ0v) is 15.8. The molecule has 7 nitrogen and oxygen atoms in total. The summed E-state index contributed by atoms with van der Waals surface area (Å²) >= 11 is 16.3. The normalized spacial score (nSPS) is 11.2. The summed E-state index contributed by atoms with van der Waals surface area (Å²) in [5.41, 5.74) is 1.99. The van der Waals surface area contributed by atoms with Gasteiger partial charge < -0.3 is 4.74 Å². The summed E-state index contributed by atoms with van der Waals surface area (Å²) in [5.74, 6) is -2.85. The molecule has 0 fully saturated rings. The Kier molecular flexibility index (Phi) is 7.28. The van der Waals surface area contributed by atoms with Crippen LogP contribution in [0.3, 0.4) is 0 Å². The number of anilines is 1. The van der Waals surface area contributed by atoms with Crippen molar-refractivity contribution in [2.75, 3.05) is 5.43 Å². The molecule has 2 rings (SSSR count). The van der Waals surface area contributed by atoms with Crippen LogP contribution in [0.4, 0.5) is 19.1 Å². The molecule has 1 aromatic heterocycles. The fourth-order valence-electron chi connectivity index (χ4n) is 1.79. The molecule has 0 aliphatic rings. The average molecular weight is 458 g/mol. The highest BCUT2D eigenvalue weighted by Gasteiger charge is 2.38. The van der Waals surface area contributed by atoms with Crippen molar-refractivity contribution >= 4 is 52.6 Å². The van der Waals surface area contributed by atoms with E-state index in [1.54, 1.807) is 12.1 Å². The van der Waals surface area contributed by atoms with Gasteiger partial charge in [0.2, 0.25) is 5.95 Å². The molecule has 1 amide bonds. The van der Waals surface area contributed by atoms with Gasteiger partial charge in [-0.05, 0) is 17.7 Å². The Morgan fingerprint density at radius 1 is 1.18 bits per heavy atom. The SMILES string of the molecule is O=C(OCc1ccc(Cl)cc1)c1cnc(NNC(=O)C(Cl)Cl)nc1C(F)(F)F. The van der Waals surface area contributed by atoms with Gasteiger partial charge in [-0.25, -0.2) is 14.8 Å². The van der Waals surface area contributed by atoms with Crippen LogP contribution in [0.25, 0.3) is 0 Å². The first-order chi connectivity index (χ1) is 13.1. The van der Waals surface area contributed by atoms with Gasteiger partial charge in [-0.2, -0.15) is 13.2 Å². The maximum absolute atomic E-state index is 13.3. The molecule has 0 bridgehead atoms. The summed E-state index contributed by atoms with van der Waals surface area (Å²) in [6, 6.07) is 6.17. The maximum Gasteiger partial charge on any atom is 0.434 e. The fraction of sp³-hybridized carbons (Fsp3) is 0.200. The van der Waals surface area contributed by atoms with Crippen molar-refractivity contribution in [1.29, 1.82) is 0 Å². The minimum absolute atomic E-state index is 0.282. The second-order valence-corrected chi connectivity index (χ2v) is 6.60. The number of esters is 1. The smallest absolute Gasteiger partial charge is 0.434 e. The monoisotopic (exact) mass is 456 g/mol. The number of nitrogens with one attached hydrogen (secondary N) is 2. The van der Waals surface area contributed by atoms with Crippen molar-refractivity contribution < 1.29 is 27.5 Å². The number of carbonyl (C=O) groups excluding carboxylic acids is 2. The molecule has 150 valence electrons. The fourth-order valence-corrected chi connectivity index (χ4v) is 2.02. The van der Waals surface area contributed by atoms with Crippen LogP contribution in [0.15, 0.2) is 30.5 Å². The zero-order chi connectivity index (χ0) is 20.9. The minimum Gasteiger partial charge on any atom is -0.457 e. The standard InChI is InChI=1S/C15H10Cl3F3N4O3/c16-8-3-1-7(2-4-8)6-28-13(27)9-5-22-14(23-10(9)15(19,20)21)25-24-12(26)11(17)18/h1-5,11H,6H2,(H,24,26)(H,22,23,25). The van der Waals surface area contributed by atoms with Crippen LogP contribution in [0, 0.1) is 0 Å². The van der Waals surface area contributed by atoms with E-state index in [-0.39, 0.29) is 6.61 Å². The Morgan fingerprint density at radius 3 is 2.39 bits per heavy atom. The number of amides is 1. The summed E-state index contributed by atoms with van der Waals surface area (Å²) in [6.07, 6.45) is -4.37. The number of carbonyl (C=O) groups is 2. The Labute approximate surface area is 171 Å². The number of hydrogen-bond acceptors (Lipinski definition) is 6. The Hall–Kier alpha value is -2.30. The van der Waals surface area contributed by atoms with E-state index in [9.17, 15) is 22.8 Å². The number of hydrogen-bond donors (Lipinski definition) is 2. The van der Waals surface area contributed by atoms with E-state index in [4.69, 9.17) is 39.5 Å². The van der Waals surface area contributed by atoms with E-state index < -0.39 is 40.1 Å². The van der Waals surface area contributed by atoms with Crippen LogP contribution < -0.4 is 10.9 Å². The van der Waals surface area contributed by atoms with Gasteiger partial charge in [0, 0.05) is 11.2 Å². The highest BCUT2D eigenvalue weighted by Crippen LogP contribution is 2.31. The van der Waals surface area contributed by atoms with E-state index in [0.29, 0.717) is 16.8 Å². The van der Waals surface area contributed by atoms with Gasteiger partial charge in [-0.1, -0.05) is 46.9 Å². The minimum atomic E-state index is -4.99. The van der Waals surface area contributed by atoms with Crippen LogP contribution in [0.5, 0.6) is 0 Å². The molecule has 0 atom stereocenters. The van der Waals surface area contributed by atoms with Crippen molar-refractivity contribution in [2.24, 2.45) is 0 Å². The molecular formula is C15H10Cl3F3N4O3. The number of ether oxygens (including phenoxy) is 1. The van der Waals surface area contributed by atoms with E-state index >= 15 is 0 Å². The lowest BCUT2D eigenvalue weighted by Crippen LogP contribution is -2.34. The molecular weight excluding hydrogens is 448 g/mol. The van der Waals surface area contributed by atoms with Crippen LogP contribution in [-0.4, -0.2) is 26.7 Å². The van der Waals surface area contributed by atoms with Gasteiger partial charge >= 0.3 is 12.1 Å². The number of benzene rings is 1. The van der Waals surface area contributed by atoms with Gasteiger partial charge in [0.15, 0.2) is 10.5 Å². The summed E-state index contributed by atoms with van der Waals surface area (Å²) < 4.78 is 44.6. The van der Waals surface area contributed by atoms with Gasteiger partial charge in [-0.15, -0.1) is 0 Å². The molecule has 2 N–H and O–H groups in total. The largest absolute Gasteiger partial charge is 0.457 e. The molecule has 1 aromatic carbocycles. The number of nitrogens with zero attached hydrogens (tertiary/aromatic N) is 2. The number of aromatic nitrogens is 2. The Morgan fingerprint density at radius 2 is 1.82 bits per heavy atom. The summed E-state index contributed by atoms with van der Waals surface area (Å²) in [7, 11) is 0. The van der Waals surface area contributed by atoms with E-state index in [2.05, 4.69) is 9.97 Å². The summed E-state index contributed by atoms with van der Waals surface area (Å²) in [4.78, 5) is 28.5. The van der Waals surface area contributed by atoms with Gasteiger partial charge in [0.25, 0.3) is 5.91 Å². The first-order valence-corrected chi connectivity index (χ1v) is 8.53. The zero-order valence-electron chi connectivity index (χ0n) is 13.6.